The van der Waals surface area contributed by atoms with E-state index in [9.17, 15) is 0 Å². The predicted octanol–water partition coefficient (Wildman–Crippen LogP) is 1.52. The van der Waals surface area contributed by atoms with Crippen LogP contribution in [0, 0.1) is 11.8 Å². The van der Waals surface area contributed by atoms with Crippen LogP contribution in [-0.2, 0) is 4.84 Å². The summed E-state index contributed by atoms with van der Waals surface area (Å²) in [5, 5.41) is 1.30. The van der Waals surface area contributed by atoms with Gasteiger partial charge in [-0.3, -0.25) is 0 Å². The van der Waals surface area contributed by atoms with Crippen LogP contribution in [0.2, 0.25) is 0 Å². The Morgan fingerprint density at radius 1 is 1.00 bits per heavy atom. The third-order valence-electron chi connectivity index (χ3n) is 1.78. The minimum absolute atomic E-state index is 0.714. The molecule has 0 atom stereocenters. The lowest BCUT2D eigenvalue weighted by atomic mass is 10.2. The monoisotopic (exact) mass is 188 g/mol. The van der Waals surface area contributed by atoms with Gasteiger partial charge in [0.1, 0.15) is 19.7 Å². The number of quaternary nitrogens is 1. The fourth-order valence-electron chi connectivity index (χ4n) is 1.36. The second-order valence-corrected chi connectivity index (χ2v) is 4.58. The zero-order chi connectivity index (χ0) is 10.3. The maximum absolute atomic E-state index is 5.73. The van der Waals surface area contributed by atoms with Crippen molar-refractivity contribution in [3.8, 4) is 0 Å². The molecule has 0 aliphatic rings. The normalized spacial score (nSPS) is 12.0. The summed E-state index contributed by atoms with van der Waals surface area (Å²) >= 11 is 0. The fraction of sp³-hybridized carbons (Fsp3) is 1.00. The van der Waals surface area contributed by atoms with Gasteiger partial charge in [-0.05, 0) is 6.42 Å². The molecule has 2 heteroatoms. The number of rotatable bonds is 7. The van der Waals surface area contributed by atoms with E-state index >= 15 is 0 Å². The minimum Gasteiger partial charge on any atom is -0.205 e. The van der Waals surface area contributed by atoms with Crippen LogP contribution in [0.3, 0.4) is 0 Å². The van der Waals surface area contributed by atoms with E-state index in [0.717, 1.165) is 26.1 Å². The predicted molar refractivity (Wildman–Crippen MR) is 56.6 cm³/mol. The first-order chi connectivity index (χ1) is 6.06. The number of hydroxylamine groups is 2. The second-order valence-electron chi connectivity index (χ2n) is 4.58. The molecule has 0 aromatic rings. The summed E-state index contributed by atoms with van der Waals surface area (Å²) in [7, 11) is 0. The van der Waals surface area contributed by atoms with E-state index in [1.807, 2.05) is 0 Å². The van der Waals surface area contributed by atoms with Crippen molar-refractivity contribution in [2.24, 2.45) is 11.8 Å². The summed E-state index contributed by atoms with van der Waals surface area (Å²) in [4.78, 5) is 5.73. The zero-order valence-electron chi connectivity index (χ0n) is 9.89. The molecular weight excluding hydrogens is 162 g/mol. The van der Waals surface area contributed by atoms with E-state index in [-0.39, 0.29) is 0 Å². The number of nitrogens with one attached hydrogen (secondary N) is 1. The molecule has 0 rings (SSSR count). The van der Waals surface area contributed by atoms with Crippen molar-refractivity contribution in [2.75, 3.05) is 19.7 Å². The Labute approximate surface area is 83.2 Å². The molecule has 0 fully saturated rings. The molecule has 0 radical (unpaired) electrons. The summed E-state index contributed by atoms with van der Waals surface area (Å²) in [5.74, 6) is 1.43. The van der Waals surface area contributed by atoms with Gasteiger partial charge in [0.15, 0.2) is 0 Å². The van der Waals surface area contributed by atoms with Crippen molar-refractivity contribution in [1.82, 2.24) is 0 Å². The van der Waals surface area contributed by atoms with Gasteiger partial charge in [0.2, 0.25) is 0 Å². The average Bonchev–Trinajstić information content (AvgIpc) is 1.98. The summed E-state index contributed by atoms with van der Waals surface area (Å²) in [5.41, 5.74) is 0. The van der Waals surface area contributed by atoms with E-state index in [0.29, 0.717) is 11.8 Å². The third-order valence-corrected chi connectivity index (χ3v) is 1.78. The second kappa shape index (κ2) is 7.34. The number of hydrogen-bond acceptors (Lipinski definition) is 1. The van der Waals surface area contributed by atoms with Gasteiger partial charge in [0, 0.05) is 11.8 Å². The first-order valence-electron chi connectivity index (χ1n) is 5.53. The van der Waals surface area contributed by atoms with Crippen LogP contribution in [0.1, 0.15) is 41.0 Å². The highest BCUT2D eigenvalue weighted by Crippen LogP contribution is 1.88. The summed E-state index contributed by atoms with van der Waals surface area (Å²) in [6, 6.07) is 0. The van der Waals surface area contributed by atoms with E-state index in [1.54, 1.807) is 0 Å². The first kappa shape index (κ1) is 12.9. The molecule has 0 saturated heterocycles. The van der Waals surface area contributed by atoms with Gasteiger partial charge in [-0.1, -0.05) is 34.6 Å². The van der Waals surface area contributed by atoms with E-state index < -0.39 is 0 Å². The van der Waals surface area contributed by atoms with E-state index in [1.165, 1.54) is 5.06 Å². The maximum atomic E-state index is 5.73. The highest BCUT2D eigenvalue weighted by molar-refractivity contribution is 4.39. The lowest BCUT2D eigenvalue weighted by Gasteiger charge is -2.20. The molecule has 80 valence electrons. The largest absolute Gasteiger partial charge is 0.205 e. The molecule has 0 amide bonds. The molecule has 1 N–H and O–H groups in total. The van der Waals surface area contributed by atoms with Crippen LogP contribution < -0.4 is 5.06 Å². The molecule has 0 spiro atoms. The van der Waals surface area contributed by atoms with Crippen molar-refractivity contribution in [1.29, 1.82) is 0 Å². The van der Waals surface area contributed by atoms with Crippen molar-refractivity contribution < 1.29 is 9.90 Å². The van der Waals surface area contributed by atoms with Gasteiger partial charge in [-0.2, -0.15) is 5.06 Å². The lowest BCUT2D eigenvalue weighted by Crippen LogP contribution is -3.12. The van der Waals surface area contributed by atoms with Crippen LogP contribution in [-0.4, -0.2) is 19.7 Å². The molecule has 2 nitrogen and oxygen atoms in total. The first-order valence-corrected chi connectivity index (χ1v) is 5.53. The maximum Gasteiger partial charge on any atom is 0.109 e. The minimum atomic E-state index is 0.714. The highest BCUT2D eigenvalue weighted by atomic mass is 16.7. The molecule has 0 heterocycles. The van der Waals surface area contributed by atoms with Gasteiger partial charge in [0.05, 0.1) is 0 Å². The lowest BCUT2D eigenvalue weighted by molar-refractivity contribution is -1.10. The Kier molecular flexibility index (Phi) is 7.29. The van der Waals surface area contributed by atoms with Gasteiger partial charge in [0.25, 0.3) is 0 Å². The summed E-state index contributed by atoms with van der Waals surface area (Å²) in [6.07, 6.45) is 1.11. The Morgan fingerprint density at radius 3 is 1.77 bits per heavy atom. The summed E-state index contributed by atoms with van der Waals surface area (Å²) < 4.78 is 0. The smallest absolute Gasteiger partial charge is 0.109 e. The quantitative estimate of drug-likeness (QED) is 0.598. The van der Waals surface area contributed by atoms with Crippen LogP contribution in [0.15, 0.2) is 0 Å². The molecular formula is C11H26NO+. The Bertz CT molecular complexity index is 103. The Hall–Kier alpha value is -0.0800. The van der Waals surface area contributed by atoms with Crippen molar-refractivity contribution >= 4 is 0 Å². The van der Waals surface area contributed by atoms with Gasteiger partial charge in [-0.15, -0.1) is 0 Å². The molecule has 0 saturated carbocycles. The summed E-state index contributed by atoms with van der Waals surface area (Å²) in [6.45, 7) is 14.3. The molecule has 0 aliphatic carbocycles. The fourth-order valence-corrected chi connectivity index (χ4v) is 1.36. The molecule has 0 bridgehead atoms. The van der Waals surface area contributed by atoms with E-state index in [4.69, 9.17) is 4.84 Å². The van der Waals surface area contributed by atoms with Crippen molar-refractivity contribution in [2.45, 2.75) is 41.0 Å². The van der Waals surface area contributed by atoms with Crippen LogP contribution in [0.25, 0.3) is 0 Å². The van der Waals surface area contributed by atoms with Crippen molar-refractivity contribution in [3.63, 3.8) is 0 Å². The molecule has 0 aromatic carbocycles. The topological polar surface area (TPSA) is 13.7 Å². The van der Waals surface area contributed by atoms with Crippen LogP contribution >= 0.6 is 0 Å². The number of hydrogen-bond donors (Lipinski definition) is 1. The molecule has 0 unspecified atom stereocenters. The van der Waals surface area contributed by atoms with E-state index in [2.05, 4.69) is 34.6 Å². The van der Waals surface area contributed by atoms with Crippen LogP contribution in [0.5, 0.6) is 0 Å². The average molecular weight is 188 g/mol. The Morgan fingerprint density at radius 2 is 1.46 bits per heavy atom. The van der Waals surface area contributed by atoms with Crippen molar-refractivity contribution in [3.05, 3.63) is 0 Å². The van der Waals surface area contributed by atoms with Crippen LogP contribution in [0.4, 0.5) is 0 Å². The SMILES string of the molecule is CCCO[NH+](CC(C)C)CC(C)C. The zero-order valence-corrected chi connectivity index (χ0v) is 9.89. The molecule has 13 heavy (non-hydrogen) atoms. The van der Waals surface area contributed by atoms with Gasteiger partial charge < -0.3 is 0 Å². The van der Waals surface area contributed by atoms with Gasteiger partial charge >= 0.3 is 0 Å². The van der Waals surface area contributed by atoms with Gasteiger partial charge in [-0.25, -0.2) is 4.84 Å². The highest BCUT2D eigenvalue weighted by Gasteiger charge is 2.13. The third kappa shape index (κ3) is 8.26. The molecule has 0 aromatic heterocycles. The Balaban J connectivity index is 3.73. The molecule has 0 aliphatic heterocycles. The standard InChI is InChI=1S/C11H25NO/c1-6-7-13-12(8-10(2)3)9-11(4)5/h10-11H,6-9H2,1-5H3/p+1.